The van der Waals surface area contributed by atoms with Gasteiger partial charge in [0.05, 0.1) is 0 Å². The fourth-order valence-electron chi connectivity index (χ4n) is 0.149. The second-order valence-corrected chi connectivity index (χ2v) is 3.92. The lowest BCUT2D eigenvalue weighted by Crippen LogP contribution is -1.45. The highest BCUT2D eigenvalue weighted by Gasteiger charge is 2.14. The Morgan fingerprint density at radius 1 is 0.750 bits per heavy atom. The van der Waals surface area contributed by atoms with Crippen LogP contribution in [0.3, 0.4) is 0 Å². The van der Waals surface area contributed by atoms with Crippen LogP contribution in [0.4, 0.5) is 0 Å². The molecule has 0 spiro atoms. The Morgan fingerprint density at radius 3 is 0.875 bits per heavy atom. The smallest absolute Gasteiger partial charge is 0.00176 e. The predicted molar refractivity (Wildman–Crippen MR) is 44.0 cm³/mol. The van der Waals surface area contributed by atoms with Crippen molar-refractivity contribution in [1.82, 2.24) is 0 Å². The molecule has 0 amide bonds. The van der Waals surface area contributed by atoms with Gasteiger partial charge in [0.2, 0.25) is 0 Å². The van der Waals surface area contributed by atoms with Crippen molar-refractivity contribution in [2.75, 3.05) is 0 Å². The molecule has 2 saturated carbocycles. The van der Waals surface area contributed by atoms with Gasteiger partial charge in [-0.15, -0.1) is 0 Å². The average molecular weight is 148 g/mol. The molecule has 0 saturated heterocycles. The first-order valence-corrected chi connectivity index (χ1v) is 4.18. The molecule has 0 bridgehead atoms. The summed E-state index contributed by atoms with van der Waals surface area (Å²) < 4.78 is 0. The van der Waals surface area contributed by atoms with Crippen molar-refractivity contribution in [3.05, 3.63) is 0 Å². The monoisotopic (exact) mass is 148 g/mol. The Balaban J connectivity index is 0.0000000800. The SMILES string of the molecule is SC1CC1.SC1CC1. The van der Waals surface area contributed by atoms with E-state index in [-0.39, 0.29) is 0 Å². The van der Waals surface area contributed by atoms with Gasteiger partial charge in [-0.2, -0.15) is 25.3 Å². The number of hydrogen-bond acceptors (Lipinski definition) is 2. The number of rotatable bonds is 0. The van der Waals surface area contributed by atoms with Crippen molar-refractivity contribution in [3.63, 3.8) is 0 Å². The average Bonchev–Trinajstić information content (AvgIpc) is 2.47. The molecule has 2 aliphatic rings. The largest absolute Gasteiger partial charge is 0.176 e. The first-order valence-electron chi connectivity index (χ1n) is 3.15. The van der Waals surface area contributed by atoms with E-state index in [1.54, 1.807) is 0 Å². The summed E-state index contributed by atoms with van der Waals surface area (Å²) in [6.45, 7) is 0. The van der Waals surface area contributed by atoms with Crippen molar-refractivity contribution in [1.29, 1.82) is 0 Å². The fourth-order valence-corrected chi connectivity index (χ4v) is 0.447. The van der Waals surface area contributed by atoms with Crippen molar-refractivity contribution in [2.24, 2.45) is 0 Å². The summed E-state index contributed by atoms with van der Waals surface area (Å²) in [7, 11) is 0. The third kappa shape index (κ3) is 4.85. The highest BCUT2D eigenvalue weighted by Crippen LogP contribution is 2.25. The highest BCUT2D eigenvalue weighted by molar-refractivity contribution is 7.81. The number of thiol groups is 2. The Hall–Kier alpha value is 0.700. The van der Waals surface area contributed by atoms with E-state index >= 15 is 0 Å². The van der Waals surface area contributed by atoms with Crippen LogP contribution >= 0.6 is 25.3 Å². The van der Waals surface area contributed by atoms with Crippen LogP contribution in [-0.4, -0.2) is 10.5 Å². The van der Waals surface area contributed by atoms with E-state index in [2.05, 4.69) is 25.3 Å². The van der Waals surface area contributed by atoms with Crippen LogP contribution in [0.15, 0.2) is 0 Å². The summed E-state index contributed by atoms with van der Waals surface area (Å²) in [5.74, 6) is 0. The molecule has 0 N–H and O–H groups in total. The second-order valence-electron chi connectivity index (χ2n) is 2.46. The van der Waals surface area contributed by atoms with Crippen LogP contribution in [0.25, 0.3) is 0 Å². The van der Waals surface area contributed by atoms with Crippen molar-refractivity contribution in [2.45, 2.75) is 36.2 Å². The van der Waals surface area contributed by atoms with E-state index in [4.69, 9.17) is 0 Å². The molecule has 0 aromatic heterocycles. The molecule has 2 fully saturated rings. The summed E-state index contributed by atoms with van der Waals surface area (Å²) in [5.41, 5.74) is 0. The lowest BCUT2D eigenvalue weighted by atomic mass is 11.0. The van der Waals surface area contributed by atoms with Crippen molar-refractivity contribution in [3.8, 4) is 0 Å². The molecule has 0 aromatic rings. The van der Waals surface area contributed by atoms with Gasteiger partial charge < -0.3 is 0 Å². The van der Waals surface area contributed by atoms with Crippen LogP contribution in [0.2, 0.25) is 0 Å². The molecule has 0 unspecified atom stereocenters. The fraction of sp³-hybridized carbons (Fsp3) is 1.00. The minimum atomic E-state index is 0.778. The zero-order valence-electron chi connectivity index (χ0n) is 4.88. The third-order valence-electron chi connectivity index (χ3n) is 1.09. The van der Waals surface area contributed by atoms with Gasteiger partial charge >= 0.3 is 0 Å². The van der Waals surface area contributed by atoms with Crippen LogP contribution in [0.1, 0.15) is 25.7 Å². The molecule has 0 nitrogen and oxygen atoms in total. The first kappa shape index (κ1) is 6.81. The van der Waals surface area contributed by atoms with Crippen LogP contribution < -0.4 is 0 Å². The minimum Gasteiger partial charge on any atom is -0.176 e. The molecule has 2 aliphatic carbocycles. The van der Waals surface area contributed by atoms with E-state index in [0.29, 0.717) is 0 Å². The molecule has 0 heterocycles. The molecule has 2 heteroatoms. The molecule has 2 rings (SSSR count). The Morgan fingerprint density at radius 2 is 0.875 bits per heavy atom. The predicted octanol–water partition coefficient (Wildman–Crippen LogP) is 2.16. The quantitative estimate of drug-likeness (QED) is 0.483. The summed E-state index contributed by atoms with van der Waals surface area (Å²) in [6, 6.07) is 0. The Labute approximate surface area is 61.9 Å². The summed E-state index contributed by atoms with van der Waals surface area (Å²) in [4.78, 5) is 0. The van der Waals surface area contributed by atoms with E-state index < -0.39 is 0 Å². The minimum absolute atomic E-state index is 0.778. The van der Waals surface area contributed by atoms with E-state index in [1.807, 2.05) is 0 Å². The molecule has 0 atom stereocenters. The van der Waals surface area contributed by atoms with Gasteiger partial charge in [0.1, 0.15) is 0 Å². The maximum Gasteiger partial charge on any atom is 0.00176 e. The highest BCUT2D eigenvalue weighted by atomic mass is 32.1. The van der Waals surface area contributed by atoms with Crippen LogP contribution in [0.5, 0.6) is 0 Å². The van der Waals surface area contributed by atoms with Crippen molar-refractivity contribution >= 4 is 25.3 Å². The lowest BCUT2D eigenvalue weighted by Gasteiger charge is -1.53. The maximum absolute atomic E-state index is 4.08. The van der Waals surface area contributed by atoms with Gasteiger partial charge in [0, 0.05) is 10.5 Å². The van der Waals surface area contributed by atoms with Gasteiger partial charge in [-0.3, -0.25) is 0 Å². The normalized spacial score (nSPS) is 26.2. The molecule has 0 radical (unpaired) electrons. The zero-order chi connectivity index (χ0) is 5.98. The second kappa shape index (κ2) is 3.02. The Bertz CT molecular complexity index is 54.9. The summed E-state index contributed by atoms with van der Waals surface area (Å²) in [6.07, 6.45) is 5.40. The molecular formula is C6H12S2. The van der Waals surface area contributed by atoms with Gasteiger partial charge in [-0.05, 0) is 25.7 Å². The molecule has 0 aliphatic heterocycles. The van der Waals surface area contributed by atoms with E-state index in [0.717, 1.165) is 10.5 Å². The molecule has 48 valence electrons. The Kier molecular flexibility index (Phi) is 2.57. The summed E-state index contributed by atoms with van der Waals surface area (Å²) in [5, 5.41) is 1.56. The maximum atomic E-state index is 4.08. The van der Waals surface area contributed by atoms with Gasteiger partial charge in [0.25, 0.3) is 0 Å². The third-order valence-corrected chi connectivity index (χ3v) is 2.13. The topological polar surface area (TPSA) is 0 Å². The molecule has 0 aromatic carbocycles. The van der Waals surface area contributed by atoms with Gasteiger partial charge in [-0.1, -0.05) is 0 Å². The van der Waals surface area contributed by atoms with Crippen LogP contribution in [0, 0.1) is 0 Å². The number of hydrogen-bond donors (Lipinski definition) is 2. The van der Waals surface area contributed by atoms with Gasteiger partial charge in [0.15, 0.2) is 0 Å². The zero-order valence-corrected chi connectivity index (χ0v) is 6.67. The standard InChI is InChI=1S/2C3H6S/c2*4-3-1-2-3/h2*3-4H,1-2H2. The van der Waals surface area contributed by atoms with Crippen LogP contribution in [-0.2, 0) is 0 Å². The van der Waals surface area contributed by atoms with E-state index in [9.17, 15) is 0 Å². The van der Waals surface area contributed by atoms with Gasteiger partial charge in [-0.25, -0.2) is 0 Å². The van der Waals surface area contributed by atoms with Crippen molar-refractivity contribution < 1.29 is 0 Å². The summed E-state index contributed by atoms with van der Waals surface area (Å²) >= 11 is 8.15. The molecule has 8 heavy (non-hydrogen) atoms. The molecular weight excluding hydrogens is 136 g/mol. The lowest BCUT2D eigenvalue weighted by molar-refractivity contribution is 1.50. The first-order chi connectivity index (χ1) is 3.79. The van der Waals surface area contributed by atoms with E-state index in [1.165, 1.54) is 25.7 Å².